The zero-order chi connectivity index (χ0) is 16.1. The fourth-order valence-corrected chi connectivity index (χ4v) is 3.33. The summed E-state index contributed by atoms with van der Waals surface area (Å²) in [5.41, 5.74) is 1.70. The summed E-state index contributed by atoms with van der Waals surface area (Å²) in [5, 5.41) is 11.9. The highest BCUT2D eigenvalue weighted by Crippen LogP contribution is 2.25. The van der Waals surface area contributed by atoms with E-state index in [1.807, 2.05) is 19.1 Å². The molecule has 0 unspecified atom stereocenters. The summed E-state index contributed by atoms with van der Waals surface area (Å²) in [7, 11) is 0. The van der Waals surface area contributed by atoms with Gasteiger partial charge in [0.05, 0.1) is 18.2 Å². The Morgan fingerprint density at radius 2 is 2.26 bits per heavy atom. The van der Waals surface area contributed by atoms with Crippen LogP contribution in [0.1, 0.15) is 22.4 Å². The van der Waals surface area contributed by atoms with Gasteiger partial charge in [-0.25, -0.2) is 4.98 Å². The molecular weight excluding hydrogens is 310 g/mol. The molecule has 1 aliphatic rings. The van der Waals surface area contributed by atoms with E-state index in [9.17, 15) is 0 Å². The number of aryl methyl sites for hydroxylation is 1. The maximum atomic E-state index is 8.78. The number of thiazole rings is 1. The van der Waals surface area contributed by atoms with E-state index in [-0.39, 0.29) is 6.10 Å². The van der Waals surface area contributed by atoms with Crippen LogP contribution in [0.2, 0.25) is 0 Å². The number of rotatable bonds is 5. The summed E-state index contributed by atoms with van der Waals surface area (Å²) in [6, 6.07) is 9.30. The van der Waals surface area contributed by atoms with E-state index >= 15 is 0 Å². The summed E-state index contributed by atoms with van der Waals surface area (Å²) in [4.78, 5) is 6.86. The van der Waals surface area contributed by atoms with Gasteiger partial charge in [-0.2, -0.15) is 5.26 Å². The fraction of sp³-hybridized carbons (Fsp3) is 0.412. The highest BCUT2D eigenvalue weighted by atomic mass is 32.1. The second-order valence-electron chi connectivity index (χ2n) is 5.47. The van der Waals surface area contributed by atoms with Crippen LogP contribution in [-0.4, -0.2) is 42.7 Å². The van der Waals surface area contributed by atoms with Crippen molar-refractivity contribution in [3.63, 3.8) is 0 Å². The minimum Gasteiger partial charge on any atom is -0.492 e. The van der Waals surface area contributed by atoms with Crippen LogP contribution in [0.15, 0.2) is 29.6 Å². The lowest BCUT2D eigenvalue weighted by molar-refractivity contribution is -0.0330. The molecule has 5 nitrogen and oxygen atoms in total. The van der Waals surface area contributed by atoms with Crippen molar-refractivity contribution in [2.45, 2.75) is 13.0 Å². The molecule has 1 saturated heterocycles. The van der Waals surface area contributed by atoms with E-state index in [4.69, 9.17) is 14.7 Å². The predicted octanol–water partition coefficient (Wildman–Crippen LogP) is 2.78. The number of nitriles is 1. The number of ether oxygens (including phenoxy) is 2. The van der Waals surface area contributed by atoms with Gasteiger partial charge in [0, 0.05) is 30.7 Å². The Bertz CT molecular complexity index is 678. The molecule has 1 aliphatic heterocycles. The first kappa shape index (κ1) is 15.9. The second kappa shape index (κ2) is 7.55. The van der Waals surface area contributed by atoms with Crippen molar-refractivity contribution in [1.82, 2.24) is 9.88 Å². The lowest BCUT2D eigenvalue weighted by atomic mass is 10.2. The van der Waals surface area contributed by atoms with Gasteiger partial charge in [-0.1, -0.05) is 0 Å². The van der Waals surface area contributed by atoms with Crippen LogP contribution in [-0.2, 0) is 4.74 Å². The molecule has 0 amide bonds. The van der Waals surface area contributed by atoms with Gasteiger partial charge < -0.3 is 9.47 Å². The van der Waals surface area contributed by atoms with Crippen LogP contribution in [0.3, 0.4) is 0 Å². The Kier molecular flexibility index (Phi) is 5.23. The normalized spacial score (nSPS) is 18.5. The van der Waals surface area contributed by atoms with Crippen molar-refractivity contribution in [3.8, 4) is 11.8 Å². The standard InChI is InChI=1S/C17H19N3O2S/c1-13-12-23-17(19-13)16-11-20(7-9-22-16)6-8-21-15-4-2-14(10-18)3-5-15/h2-5,12,16H,6-9,11H2,1H3/t16-/m0/s1. The molecule has 23 heavy (non-hydrogen) atoms. The first-order chi connectivity index (χ1) is 11.2. The number of hydrogen-bond acceptors (Lipinski definition) is 6. The van der Waals surface area contributed by atoms with Gasteiger partial charge in [-0.15, -0.1) is 11.3 Å². The van der Waals surface area contributed by atoms with Crippen LogP contribution < -0.4 is 4.74 Å². The average Bonchev–Trinajstić information content (AvgIpc) is 3.02. The number of hydrogen-bond donors (Lipinski definition) is 0. The van der Waals surface area contributed by atoms with Crippen LogP contribution in [0.5, 0.6) is 5.75 Å². The van der Waals surface area contributed by atoms with E-state index in [0.717, 1.165) is 42.7 Å². The Morgan fingerprint density at radius 1 is 1.43 bits per heavy atom. The molecule has 1 fully saturated rings. The number of benzene rings is 1. The van der Waals surface area contributed by atoms with Crippen molar-refractivity contribution in [3.05, 3.63) is 45.9 Å². The van der Waals surface area contributed by atoms with Gasteiger partial charge in [0.25, 0.3) is 0 Å². The summed E-state index contributed by atoms with van der Waals surface area (Å²) in [5.74, 6) is 0.796. The second-order valence-corrected chi connectivity index (χ2v) is 6.36. The first-order valence-corrected chi connectivity index (χ1v) is 8.51. The van der Waals surface area contributed by atoms with Crippen molar-refractivity contribution in [1.29, 1.82) is 5.26 Å². The Labute approximate surface area is 140 Å². The molecule has 0 N–H and O–H groups in total. The molecule has 0 bridgehead atoms. The van der Waals surface area contributed by atoms with Gasteiger partial charge in [0.15, 0.2) is 0 Å². The molecule has 0 spiro atoms. The zero-order valence-electron chi connectivity index (χ0n) is 13.1. The largest absolute Gasteiger partial charge is 0.492 e. The Balaban J connectivity index is 1.47. The number of aromatic nitrogens is 1. The Hall–Kier alpha value is -1.94. The molecule has 1 atom stereocenters. The zero-order valence-corrected chi connectivity index (χ0v) is 13.9. The summed E-state index contributed by atoms with van der Waals surface area (Å²) in [6.45, 7) is 5.97. The van der Waals surface area contributed by atoms with E-state index in [1.54, 1.807) is 23.5 Å². The van der Waals surface area contributed by atoms with Crippen molar-refractivity contribution >= 4 is 11.3 Å². The molecule has 1 aromatic carbocycles. The van der Waals surface area contributed by atoms with Crippen LogP contribution in [0, 0.1) is 18.3 Å². The minimum atomic E-state index is 0.0670. The van der Waals surface area contributed by atoms with Crippen LogP contribution >= 0.6 is 11.3 Å². The monoisotopic (exact) mass is 329 g/mol. The van der Waals surface area contributed by atoms with Crippen molar-refractivity contribution < 1.29 is 9.47 Å². The summed E-state index contributed by atoms with van der Waals surface area (Å²) < 4.78 is 11.6. The smallest absolute Gasteiger partial charge is 0.123 e. The molecule has 0 radical (unpaired) electrons. The molecule has 2 heterocycles. The van der Waals surface area contributed by atoms with Gasteiger partial charge in [-0.05, 0) is 31.2 Å². The maximum absolute atomic E-state index is 8.78. The number of nitrogens with zero attached hydrogens (tertiary/aromatic N) is 3. The topological polar surface area (TPSA) is 58.4 Å². The SMILES string of the molecule is Cc1csc([C@@H]2CN(CCOc3ccc(C#N)cc3)CCO2)n1. The van der Waals surface area contributed by atoms with E-state index in [1.165, 1.54) is 0 Å². The molecule has 6 heteroatoms. The molecule has 3 rings (SSSR count). The fourth-order valence-electron chi connectivity index (χ4n) is 2.49. The first-order valence-electron chi connectivity index (χ1n) is 7.63. The summed E-state index contributed by atoms with van der Waals surface area (Å²) in [6.07, 6.45) is 0.0670. The van der Waals surface area contributed by atoms with Crippen molar-refractivity contribution in [2.24, 2.45) is 0 Å². The van der Waals surface area contributed by atoms with Gasteiger partial charge >= 0.3 is 0 Å². The van der Waals surface area contributed by atoms with Gasteiger partial charge in [0.1, 0.15) is 23.5 Å². The lowest BCUT2D eigenvalue weighted by Gasteiger charge is -2.31. The maximum Gasteiger partial charge on any atom is 0.123 e. The Morgan fingerprint density at radius 3 is 2.96 bits per heavy atom. The third-order valence-electron chi connectivity index (χ3n) is 3.72. The predicted molar refractivity (Wildman–Crippen MR) is 88.6 cm³/mol. The lowest BCUT2D eigenvalue weighted by Crippen LogP contribution is -2.40. The average molecular weight is 329 g/mol. The highest BCUT2D eigenvalue weighted by Gasteiger charge is 2.24. The van der Waals surface area contributed by atoms with Crippen LogP contribution in [0.25, 0.3) is 0 Å². The quantitative estimate of drug-likeness (QED) is 0.844. The molecule has 0 aliphatic carbocycles. The van der Waals surface area contributed by atoms with Crippen LogP contribution in [0.4, 0.5) is 0 Å². The van der Waals surface area contributed by atoms with E-state index in [2.05, 4.69) is 21.3 Å². The minimum absolute atomic E-state index is 0.0670. The molecule has 2 aromatic rings. The van der Waals surface area contributed by atoms with Crippen molar-refractivity contribution in [2.75, 3.05) is 32.8 Å². The molecule has 0 saturated carbocycles. The van der Waals surface area contributed by atoms with Gasteiger partial charge in [-0.3, -0.25) is 4.90 Å². The van der Waals surface area contributed by atoms with Gasteiger partial charge in [0.2, 0.25) is 0 Å². The third kappa shape index (κ3) is 4.29. The molecule has 120 valence electrons. The van der Waals surface area contributed by atoms with E-state index < -0.39 is 0 Å². The molecule has 1 aromatic heterocycles. The molecular formula is C17H19N3O2S. The van der Waals surface area contributed by atoms with E-state index in [0.29, 0.717) is 12.2 Å². The number of morpholine rings is 1. The summed E-state index contributed by atoms with van der Waals surface area (Å²) >= 11 is 1.66. The third-order valence-corrected chi connectivity index (χ3v) is 4.78. The highest BCUT2D eigenvalue weighted by molar-refractivity contribution is 7.09.